The molecule has 0 amide bonds. The molecule has 0 fully saturated rings. The molecular weight excluding hydrogens is 224 g/mol. The molecule has 0 aliphatic carbocycles. The van der Waals surface area contributed by atoms with Gasteiger partial charge in [-0.2, -0.15) is 0 Å². The number of aryl methyl sites for hydroxylation is 1. The zero-order chi connectivity index (χ0) is 12.5. The van der Waals surface area contributed by atoms with E-state index in [-0.39, 0.29) is 5.63 Å². The predicted molar refractivity (Wildman–Crippen MR) is 72.7 cm³/mol. The fourth-order valence-corrected chi connectivity index (χ4v) is 2.08. The molecule has 0 spiro atoms. The molecule has 2 heteroatoms. The Labute approximate surface area is 105 Å². The molecule has 3 rings (SSSR count). The minimum atomic E-state index is -0.292. The Balaban J connectivity index is 2.29. The maximum Gasteiger partial charge on any atom is 0.344 e. The topological polar surface area (TPSA) is 30.2 Å². The maximum atomic E-state index is 12.0. The van der Waals surface area contributed by atoms with Gasteiger partial charge in [0.25, 0.3) is 0 Å². The molecule has 3 aromatic rings. The highest BCUT2D eigenvalue weighted by Crippen LogP contribution is 2.21. The first-order chi connectivity index (χ1) is 8.74. The first-order valence-corrected chi connectivity index (χ1v) is 5.84. The third-order valence-electron chi connectivity index (χ3n) is 2.97. The van der Waals surface area contributed by atoms with Gasteiger partial charge in [0.15, 0.2) is 0 Å². The molecule has 18 heavy (non-hydrogen) atoms. The number of hydrogen-bond acceptors (Lipinski definition) is 2. The Morgan fingerprint density at radius 3 is 2.61 bits per heavy atom. The lowest BCUT2D eigenvalue weighted by atomic mass is 10.0. The monoisotopic (exact) mass is 236 g/mol. The van der Waals surface area contributed by atoms with Gasteiger partial charge in [-0.1, -0.05) is 48.0 Å². The summed E-state index contributed by atoms with van der Waals surface area (Å²) < 4.78 is 5.33. The van der Waals surface area contributed by atoms with Crippen molar-refractivity contribution < 1.29 is 4.42 Å². The van der Waals surface area contributed by atoms with E-state index in [4.69, 9.17) is 4.42 Å². The van der Waals surface area contributed by atoms with Crippen molar-refractivity contribution in [3.8, 4) is 11.1 Å². The van der Waals surface area contributed by atoms with Crippen molar-refractivity contribution >= 4 is 11.0 Å². The summed E-state index contributed by atoms with van der Waals surface area (Å²) in [5, 5.41) is 0.939. The van der Waals surface area contributed by atoms with Gasteiger partial charge in [0, 0.05) is 5.39 Å². The van der Waals surface area contributed by atoms with Crippen LogP contribution in [0, 0.1) is 6.92 Å². The number of para-hydroxylation sites is 1. The third-order valence-corrected chi connectivity index (χ3v) is 2.97. The Bertz CT molecular complexity index is 769. The summed E-state index contributed by atoms with van der Waals surface area (Å²) in [7, 11) is 0. The Morgan fingerprint density at radius 1 is 0.944 bits per heavy atom. The van der Waals surface area contributed by atoms with Crippen LogP contribution in [0.2, 0.25) is 0 Å². The summed E-state index contributed by atoms with van der Waals surface area (Å²) in [6.07, 6.45) is 0. The van der Waals surface area contributed by atoms with Crippen LogP contribution >= 0.6 is 0 Å². The van der Waals surface area contributed by atoms with Gasteiger partial charge < -0.3 is 4.42 Å². The normalized spacial score (nSPS) is 10.7. The summed E-state index contributed by atoms with van der Waals surface area (Å²) in [6, 6.07) is 17.3. The lowest BCUT2D eigenvalue weighted by Crippen LogP contribution is -2.02. The second kappa shape index (κ2) is 4.15. The van der Waals surface area contributed by atoms with Crippen LogP contribution in [0.15, 0.2) is 63.8 Å². The highest BCUT2D eigenvalue weighted by atomic mass is 16.4. The quantitative estimate of drug-likeness (QED) is 0.602. The molecule has 0 bridgehead atoms. The first kappa shape index (κ1) is 10.8. The molecule has 88 valence electrons. The Morgan fingerprint density at radius 2 is 1.78 bits per heavy atom. The SMILES string of the molecule is Cc1cccc(-c2cc3ccccc3oc2=O)c1. The molecule has 1 aromatic heterocycles. The molecule has 0 aliphatic heterocycles. The van der Waals surface area contributed by atoms with Crippen LogP contribution in [-0.4, -0.2) is 0 Å². The van der Waals surface area contributed by atoms with Gasteiger partial charge in [-0.15, -0.1) is 0 Å². The Kier molecular flexibility index (Phi) is 2.49. The molecule has 1 heterocycles. The average Bonchev–Trinajstić information content (AvgIpc) is 2.38. The minimum Gasteiger partial charge on any atom is -0.422 e. The van der Waals surface area contributed by atoms with E-state index in [0.717, 1.165) is 16.5 Å². The molecule has 0 saturated heterocycles. The number of hydrogen-bond donors (Lipinski definition) is 0. The van der Waals surface area contributed by atoms with Crippen molar-refractivity contribution in [1.29, 1.82) is 0 Å². The van der Waals surface area contributed by atoms with E-state index in [2.05, 4.69) is 0 Å². The molecule has 2 aromatic carbocycles. The van der Waals surface area contributed by atoms with Crippen LogP contribution in [0.4, 0.5) is 0 Å². The van der Waals surface area contributed by atoms with Crippen LogP contribution in [0.3, 0.4) is 0 Å². The number of fused-ring (bicyclic) bond motifs is 1. The predicted octanol–water partition coefficient (Wildman–Crippen LogP) is 3.77. The fraction of sp³-hybridized carbons (Fsp3) is 0.0625. The summed E-state index contributed by atoms with van der Waals surface area (Å²) in [6.45, 7) is 2.01. The molecule has 0 unspecified atom stereocenters. The van der Waals surface area contributed by atoms with E-state index in [0.29, 0.717) is 11.1 Å². The highest BCUT2D eigenvalue weighted by Gasteiger charge is 2.07. The van der Waals surface area contributed by atoms with Crippen molar-refractivity contribution in [2.45, 2.75) is 6.92 Å². The molecule has 0 aliphatic rings. The van der Waals surface area contributed by atoms with Crippen molar-refractivity contribution in [2.75, 3.05) is 0 Å². The lowest BCUT2D eigenvalue weighted by molar-refractivity contribution is 0.563. The van der Waals surface area contributed by atoms with Gasteiger partial charge in [0.2, 0.25) is 0 Å². The minimum absolute atomic E-state index is 0.292. The molecule has 2 nitrogen and oxygen atoms in total. The fourth-order valence-electron chi connectivity index (χ4n) is 2.08. The second-order valence-electron chi connectivity index (χ2n) is 4.35. The lowest BCUT2D eigenvalue weighted by Gasteiger charge is -2.03. The standard InChI is InChI=1S/C16H12O2/c1-11-5-4-7-12(9-11)14-10-13-6-2-3-8-15(13)18-16(14)17/h2-10H,1H3. The van der Waals surface area contributed by atoms with Crippen LogP contribution in [0.25, 0.3) is 22.1 Å². The van der Waals surface area contributed by atoms with E-state index < -0.39 is 0 Å². The van der Waals surface area contributed by atoms with Gasteiger partial charge in [0.05, 0.1) is 5.56 Å². The summed E-state index contributed by atoms with van der Waals surface area (Å²) in [5.41, 5.74) is 2.96. The van der Waals surface area contributed by atoms with Crippen LogP contribution in [-0.2, 0) is 0 Å². The number of benzene rings is 2. The molecule has 0 saturated carbocycles. The summed E-state index contributed by atoms with van der Waals surface area (Å²) >= 11 is 0. The zero-order valence-electron chi connectivity index (χ0n) is 10.0. The van der Waals surface area contributed by atoms with Crippen LogP contribution in [0.5, 0.6) is 0 Å². The molecule has 0 radical (unpaired) electrons. The van der Waals surface area contributed by atoms with Gasteiger partial charge in [-0.05, 0) is 24.6 Å². The molecule has 0 N–H and O–H groups in total. The highest BCUT2D eigenvalue weighted by molar-refractivity contribution is 5.81. The molecular formula is C16H12O2. The zero-order valence-corrected chi connectivity index (χ0v) is 10.0. The van der Waals surface area contributed by atoms with Gasteiger partial charge in [-0.3, -0.25) is 0 Å². The number of rotatable bonds is 1. The average molecular weight is 236 g/mol. The van der Waals surface area contributed by atoms with Gasteiger partial charge in [0.1, 0.15) is 5.58 Å². The van der Waals surface area contributed by atoms with Crippen molar-refractivity contribution in [1.82, 2.24) is 0 Å². The largest absolute Gasteiger partial charge is 0.422 e. The van der Waals surface area contributed by atoms with E-state index in [1.165, 1.54) is 0 Å². The van der Waals surface area contributed by atoms with Crippen molar-refractivity contribution in [3.63, 3.8) is 0 Å². The summed E-state index contributed by atoms with van der Waals surface area (Å²) in [5.74, 6) is 0. The van der Waals surface area contributed by atoms with Crippen molar-refractivity contribution in [2.24, 2.45) is 0 Å². The summed E-state index contributed by atoms with van der Waals surface area (Å²) in [4.78, 5) is 12.0. The van der Waals surface area contributed by atoms with Crippen LogP contribution < -0.4 is 5.63 Å². The maximum absolute atomic E-state index is 12.0. The smallest absolute Gasteiger partial charge is 0.344 e. The van der Waals surface area contributed by atoms with E-state index >= 15 is 0 Å². The van der Waals surface area contributed by atoms with Gasteiger partial charge >= 0.3 is 5.63 Å². The third kappa shape index (κ3) is 1.82. The first-order valence-electron chi connectivity index (χ1n) is 5.84. The molecule has 0 atom stereocenters. The second-order valence-corrected chi connectivity index (χ2v) is 4.35. The van der Waals surface area contributed by atoms with E-state index in [1.54, 1.807) is 6.07 Å². The van der Waals surface area contributed by atoms with Crippen molar-refractivity contribution in [3.05, 3.63) is 70.6 Å². The van der Waals surface area contributed by atoms with E-state index in [1.807, 2.05) is 55.5 Å². The van der Waals surface area contributed by atoms with Gasteiger partial charge in [-0.25, -0.2) is 4.79 Å². The Hall–Kier alpha value is -2.35. The van der Waals surface area contributed by atoms with Crippen LogP contribution in [0.1, 0.15) is 5.56 Å². The van der Waals surface area contributed by atoms with E-state index in [9.17, 15) is 4.79 Å².